The number of nitrogens with one attached hydrogen (secondary N) is 1. The van der Waals surface area contributed by atoms with E-state index in [1.54, 1.807) is 22.8 Å². The molecule has 0 aromatic carbocycles. The summed E-state index contributed by atoms with van der Waals surface area (Å²) in [7, 11) is 1.87. The summed E-state index contributed by atoms with van der Waals surface area (Å²) in [6.45, 7) is 7.34. The highest BCUT2D eigenvalue weighted by molar-refractivity contribution is 8.13. The van der Waals surface area contributed by atoms with Crippen molar-refractivity contribution in [3.63, 3.8) is 0 Å². The smallest absolute Gasteiger partial charge is 0.172 e. The van der Waals surface area contributed by atoms with Crippen molar-refractivity contribution >= 4 is 16.9 Å². The zero-order chi connectivity index (χ0) is 13.2. The summed E-state index contributed by atoms with van der Waals surface area (Å²) in [5.74, 6) is 1.90. The summed E-state index contributed by atoms with van der Waals surface area (Å²) in [5, 5.41) is 8.77. The van der Waals surface area contributed by atoms with Crippen molar-refractivity contribution in [1.82, 2.24) is 20.1 Å². The van der Waals surface area contributed by atoms with Crippen molar-refractivity contribution < 1.29 is 0 Å². The van der Waals surface area contributed by atoms with Crippen molar-refractivity contribution in [2.45, 2.75) is 39.8 Å². The summed E-state index contributed by atoms with van der Waals surface area (Å²) in [6, 6.07) is 0.495. The van der Waals surface area contributed by atoms with E-state index in [4.69, 9.17) is 0 Å². The highest BCUT2D eigenvalue weighted by Crippen LogP contribution is 2.27. The quantitative estimate of drug-likeness (QED) is 0.888. The molecule has 1 aromatic rings. The first-order valence-corrected chi connectivity index (χ1v) is 7.22. The molecule has 18 heavy (non-hydrogen) atoms. The van der Waals surface area contributed by atoms with Gasteiger partial charge in [-0.05, 0) is 11.8 Å². The van der Waals surface area contributed by atoms with Crippen LogP contribution in [0.2, 0.25) is 0 Å². The minimum atomic E-state index is 0.269. The average molecular weight is 267 g/mol. The molecular formula is C12H21N5S. The van der Waals surface area contributed by atoms with Crippen LogP contribution in [0.3, 0.4) is 0 Å². The Morgan fingerprint density at radius 3 is 2.94 bits per heavy atom. The van der Waals surface area contributed by atoms with Gasteiger partial charge in [-0.1, -0.05) is 32.5 Å². The Hall–Kier alpha value is -1.04. The largest absolute Gasteiger partial charge is 0.362 e. The minimum absolute atomic E-state index is 0.269. The van der Waals surface area contributed by atoms with Crippen LogP contribution in [-0.4, -0.2) is 31.7 Å². The lowest BCUT2D eigenvalue weighted by Gasteiger charge is -2.35. The van der Waals surface area contributed by atoms with Gasteiger partial charge >= 0.3 is 0 Å². The summed E-state index contributed by atoms with van der Waals surface area (Å²) in [4.78, 5) is 8.74. The summed E-state index contributed by atoms with van der Waals surface area (Å²) < 4.78 is 1.70. The number of aryl methyl sites for hydroxylation is 1. The zero-order valence-electron chi connectivity index (χ0n) is 11.5. The fraction of sp³-hybridized carbons (Fsp3) is 0.750. The third-order valence-electron chi connectivity index (χ3n) is 3.00. The second-order valence-electron chi connectivity index (χ2n) is 5.66. The SMILES string of the molecule is Cn1cnc(CN=C2NC(C(C)(C)C)CCS2)n1. The number of thioether (sulfide) groups is 1. The van der Waals surface area contributed by atoms with E-state index in [-0.39, 0.29) is 5.41 Å². The number of rotatable bonds is 2. The molecule has 6 heteroatoms. The Morgan fingerprint density at radius 2 is 2.33 bits per heavy atom. The molecule has 5 nitrogen and oxygen atoms in total. The third kappa shape index (κ3) is 3.48. The maximum Gasteiger partial charge on any atom is 0.172 e. The molecule has 1 fully saturated rings. The molecule has 2 rings (SSSR count). The molecule has 2 heterocycles. The molecule has 0 bridgehead atoms. The molecule has 1 N–H and O–H groups in total. The van der Waals surface area contributed by atoms with Gasteiger partial charge in [-0.2, -0.15) is 5.10 Å². The van der Waals surface area contributed by atoms with E-state index in [1.165, 1.54) is 6.42 Å². The Balaban J connectivity index is 1.96. The number of hydrogen-bond acceptors (Lipinski definition) is 4. The maximum atomic E-state index is 4.56. The van der Waals surface area contributed by atoms with Crippen LogP contribution in [0.25, 0.3) is 0 Å². The molecule has 0 saturated carbocycles. The van der Waals surface area contributed by atoms with Gasteiger partial charge in [0.2, 0.25) is 0 Å². The van der Waals surface area contributed by atoms with Gasteiger partial charge in [0.1, 0.15) is 12.9 Å². The van der Waals surface area contributed by atoms with Crippen LogP contribution in [0.15, 0.2) is 11.3 Å². The molecule has 100 valence electrons. The van der Waals surface area contributed by atoms with E-state index in [0.29, 0.717) is 12.6 Å². The minimum Gasteiger partial charge on any atom is -0.362 e. The monoisotopic (exact) mass is 267 g/mol. The molecule has 0 amide bonds. The number of aliphatic imine (C=N–C) groups is 1. The van der Waals surface area contributed by atoms with Crippen molar-refractivity contribution in [2.24, 2.45) is 17.5 Å². The van der Waals surface area contributed by atoms with E-state index < -0.39 is 0 Å². The predicted molar refractivity (Wildman–Crippen MR) is 75.6 cm³/mol. The highest BCUT2D eigenvalue weighted by Gasteiger charge is 2.28. The number of aromatic nitrogens is 3. The van der Waals surface area contributed by atoms with Crippen LogP contribution in [0, 0.1) is 5.41 Å². The van der Waals surface area contributed by atoms with Crippen molar-refractivity contribution in [3.8, 4) is 0 Å². The first-order valence-electron chi connectivity index (χ1n) is 6.23. The Labute approximate surface area is 112 Å². The van der Waals surface area contributed by atoms with E-state index in [2.05, 4.69) is 41.2 Å². The van der Waals surface area contributed by atoms with Gasteiger partial charge in [0.05, 0.1) is 0 Å². The molecule has 1 saturated heterocycles. The normalized spacial score (nSPS) is 23.1. The molecule has 0 aliphatic carbocycles. The van der Waals surface area contributed by atoms with E-state index in [9.17, 15) is 0 Å². The molecular weight excluding hydrogens is 246 g/mol. The van der Waals surface area contributed by atoms with Crippen LogP contribution in [0.1, 0.15) is 33.0 Å². The molecule has 0 spiro atoms. The van der Waals surface area contributed by atoms with Gasteiger partial charge < -0.3 is 5.32 Å². The third-order valence-corrected chi connectivity index (χ3v) is 3.96. The standard InChI is InChI=1S/C12H21N5S/c1-12(2,3)9-5-6-18-11(15-9)13-7-10-14-8-17(4)16-10/h8-9H,5-7H2,1-4H3,(H,13,15). The Kier molecular flexibility index (Phi) is 3.94. The lowest BCUT2D eigenvalue weighted by Crippen LogP contribution is -2.46. The van der Waals surface area contributed by atoms with Gasteiger partial charge in [-0.15, -0.1) is 0 Å². The fourth-order valence-corrected chi connectivity index (χ4v) is 2.80. The Bertz CT molecular complexity index is 432. The van der Waals surface area contributed by atoms with Crippen LogP contribution in [0.5, 0.6) is 0 Å². The van der Waals surface area contributed by atoms with Gasteiger partial charge in [0.25, 0.3) is 0 Å². The predicted octanol–water partition coefficient (Wildman–Crippen LogP) is 1.81. The molecule has 1 unspecified atom stereocenters. The number of amidine groups is 1. The lowest BCUT2D eigenvalue weighted by atomic mass is 9.85. The number of nitrogens with zero attached hydrogens (tertiary/aromatic N) is 4. The van der Waals surface area contributed by atoms with Gasteiger partial charge in [-0.25, -0.2) is 4.98 Å². The van der Waals surface area contributed by atoms with Crippen molar-refractivity contribution in [1.29, 1.82) is 0 Å². The molecule has 1 aromatic heterocycles. The maximum absolute atomic E-state index is 4.56. The fourth-order valence-electron chi connectivity index (χ4n) is 1.88. The van der Waals surface area contributed by atoms with Gasteiger partial charge in [0.15, 0.2) is 11.0 Å². The Morgan fingerprint density at radius 1 is 1.56 bits per heavy atom. The topological polar surface area (TPSA) is 55.1 Å². The summed E-state index contributed by atoms with van der Waals surface area (Å²) in [5.41, 5.74) is 0.269. The molecule has 1 atom stereocenters. The average Bonchev–Trinajstić information content (AvgIpc) is 2.72. The number of hydrogen-bond donors (Lipinski definition) is 1. The molecule has 1 aliphatic heterocycles. The van der Waals surface area contributed by atoms with Crippen LogP contribution in [0.4, 0.5) is 0 Å². The van der Waals surface area contributed by atoms with Gasteiger partial charge in [-0.3, -0.25) is 9.67 Å². The van der Waals surface area contributed by atoms with E-state index in [0.717, 1.165) is 16.7 Å². The van der Waals surface area contributed by atoms with Gasteiger partial charge in [0, 0.05) is 18.8 Å². The van der Waals surface area contributed by atoms with Crippen molar-refractivity contribution in [2.75, 3.05) is 5.75 Å². The zero-order valence-corrected chi connectivity index (χ0v) is 12.3. The van der Waals surface area contributed by atoms with E-state index in [1.807, 2.05) is 7.05 Å². The lowest BCUT2D eigenvalue weighted by molar-refractivity contribution is 0.290. The second-order valence-corrected chi connectivity index (χ2v) is 6.74. The van der Waals surface area contributed by atoms with Crippen LogP contribution < -0.4 is 5.32 Å². The first kappa shape index (κ1) is 13.4. The summed E-state index contributed by atoms with van der Waals surface area (Å²) >= 11 is 1.79. The van der Waals surface area contributed by atoms with Crippen LogP contribution >= 0.6 is 11.8 Å². The van der Waals surface area contributed by atoms with E-state index >= 15 is 0 Å². The summed E-state index contributed by atoms with van der Waals surface area (Å²) in [6.07, 6.45) is 2.89. The van der Waals surface area contributed by atoms with Crippen LogP contribution in [-0.2, 0) is 13.6 Å². The second kappa shape index (κ2) is 5.30. The first-order chi connectivity index (χ1) is 8.45. The van der Waals surface area contributed by atoms with Crippen molar-refractivity contribution in [3.05, 3.63) is 12.2 Å². The molecule has 1 aliphatic rings. The highest BCUT2D eigenvalue weighted by atomic mass is 32.2. The molecule has 0 radical (unpaired) electrons.